The van der Waals surface area contributed by atoms with Crippen molar-refractivity contribution in [3.63, 3.8) is 0 Å². The average molecular weight is 243 g/mol. The molecule has 0 aromatic heterocycles. The summed E-state index contributed by atoms with van der Waals surface area (Å²) in [5, 5.41) is 13.1. The zero-order valence-corrected chi connectivity index (χ0v) is 11.5. The first-order valence-corrected chi connectivity index (χ1v) is 7.23. The van der Waals surface area contributed by atoms with Gasteiger partial charge in [0, 0.05) is 25.9 Å². The minimum atomic E-state index is 0.329. The van der Waals surface area contributed by atoms with Crippen molar-refractivity contribution in [2.75, 3.05) is 26.4 Å². The molecule has 1 aliphatic heterocycles. The van der Waals surface area contributed by atoms with Crippen LogP contribution in [0.2, 0.25) is 0 Å². The molecule has 0 aromatic carbocycles. The van der Waals surface area contributed by atoms with Crippen molar-refractivity contribution in [3.8, 4) is 0 Å². The van der Waals surface area contributed by atoms with Crippen molar-refractivity contribution < 1.29 is 9.84 Å². The van der Waals surface area contributed by atoms with Crippen molar-refractivity contribution >= 4 is 0 Å². The molecule has 3 nitrogen and oxygen atoms in total. The van der Waals surface area contributed by atoms with E-state index in [4.69, 9.17) is 4.74 Å². The number of nitrogens with one attached hydrogen (secondary N) is 1. The van der Waals surface area contributed by atoms with E-state index in [0.717, 1.165) is 39.0 Å². The molecular formula is C14H29NO2. The van der Waals surface area contributed by atoms with E-state index in [9.17, 15) is 5.11 Å². The van der Waals surface area contributed by atoms with Gasteiger partial charge in [-0.1, -0.05) is 13.8 Å². The molecule has 0 aliphatic carbocycles. The molecule has 1 saturated heterocycles. The van der Waals surface area contributed by atoms with Crippen LogP contribution in [-0.2, 0) is 4.74 Å². The largest absolute Gasteiger partial charge is 0.396 e. The molecular weight excluding hydrogens is 214 g/mol. The summed E-state index contributed by atoms with van der Waals surface area (Å²) in [6.45, 7) is 7.57. The predicted octanol–water partition coefficient (Wildman–Crippen LogP) is 2.19. The Morgan fingerprint density at radius 3 is 2.41 bits per heavy atom. The lowest BCUT2D eigenvalue weighted by Crippen LogP contribution is -2.33. The van der Waals surface area contributed by atoms with Crippen LogP contribution in [0, 0.1) is 11.8 Å². The Bertz CT molecular complexity index is 177. The van der Waals surface area contributed by atoms with Gasteiger partial charge in [-0.05, 0) is 50.5 Å². The maximum absolute atomic E-state index is 9.49. The molecule has 3 heteroatoms. The van der Waals surface area contributed by atoms with E-state index in [1.807, 2.05) is 0 Å². The number of hydrogen-bond donors (Lipinski definition) is 2. The molecule has 1 aliphatic rings. The molecule has 2 N–H and O–H groups in total. The third-order valence-corrected chi connectivity index (χ3v) is 4.10. The Labute approximate surface area is 106 Å². The Balaban J connectivity index is 2.21. The third-order valence-electron chi connectivity index (χ3n) is 4.10. The fourth-order valence-corrected chi connectivity index (χ4v) is 2.71. The first-order chi connectivity index (χ1) is 8.31. The van der Waals surface area contributed by atoms with E-state index in [1.54, 1.807) is 0 Å². The second-order valence-corrected chi connectivity index (χ2v) is 5.15. The van der Waals surface area contributed by atoms with Gasteiger partial charge in [-0.25, -0.2) is 0 Å². The molecule has 1 fully saturated rings. The quantitative estimate of drug-likeness (QED) is 0.686. The van der Waals surface area contributed by atoms with E-state index >= 15 is 0 Å². The highest BCUT2D eigenvalue weighted by atomic mass is 16.5. The van der Waals surface area contributed by atoms with Gasteiger partial charge < -0.3 is 15.2 Å². The van der Waals surface area contributed by atoms with Crippen LogP contribution in [-0.4, -0.2) is 37.5 Å². The van der Waals surface area contributed by atoms with Gasteiger partial charge in [0.15, 0.2) is 0 Å². The summed E-state index contributed by atoms with van der Waals surface area (Å²) in [5.74, 6) is 1.12. The number of ether oxygens (including phenoxy) is 1. The normalized spacial score (nSPS) is 19.8. The predicted molar refractivity (Wildman–Crippen MR) is 71.1 cm³/mol. The van der Waals surface area contributed by atoms with Crippen LogP contribution in [0.4, 0.5) is 0 Å². The van der Waals surface area contributed by atoms with Crippen LogP contribution in [0.5, 0.6) is 0 Å². The smallest absolute Gasteiger partial charge is 0.0468 e. The lowest BCUT2D eigenvalue weighted by Gasteiger charge is -2.29. The molecule has 0 aromatic rings. The SMILES string of the molecule is CCC(CC)NCCC(CO)C1CCOCC1. The summed E-state index contributed by atoms with van der Waals surface area (Å²) < 4.78 is 5.37. The maximum atomic E-state index is 9.49. The average Bonchev–Trinajstić information content (AvgIpc) is 2.40. The summed E-state index contributed by atoms with van der Waals surface area (Å²) in [4.78, 5) is 0. The molecule has 1 unspecified atom stereocenters. The van der Waals surface area contributed by atoms with E-state index in [-0.39, 0.29) is 0 Å². The number of rotatable bonds is 8. The molecule has 1 heterocycles. The van der Waals surface area contributed by atoms with E-state index in [2.05, 4.69) is 19.2 Å². The summed E-state index contributed by atoms with van der Waals surface area (Å²) in [5.41, 5.74) is 0. The van der Waals surface area contributed by atoms with Gasteiger partial charge in [-0.2, -0.15) is 0 Å². The van der Waals surface area contributed by atoms with Crippen LogP contribution in [0.15, 0.2) is 0 Å². The zero-order chi connectivity index (χ0) is 12.5. The Hall–Kier alpha value is -0.120. The van der Waals surface area contributed by atoms with Gasteiger partial charge in [0.25, 0.3) is 0 Å². The lowest BCUT2D eigenvalue weighted by molar-refractivity contribution is 0.0310. The Morgan fingerprint density at radius 2 is 1.88 bits per heavy atom. The summed E-state index contributed by atoms with van der Waals surface area (Å²) in [7, 11) is 0. The van der Waals surface area contributed by atoms with Crippen LogP contribution in [0.1, 0.15) is 46.0 Å². The fraction of sp³-hybridized carbons (Fsp3) is 1.00. The second kappa shape index (κ2) is 8.90. The maximum Gasteiger partial charge on any atom is 0.0468 e. The van der Waals surface area contributed by atoms with Crippen molar-refractivity contribution in [3.05, 3.63) is 0 Å². The van der Waals surface area contributed by atoms with Crippen molar-refractivity contribution in [1.82, 2.24) is 5.32 Å². The second-order valence-electron chi connectivity index (χ2n) is 5.15. The monoisotopic (exact) mass is 243 g/mol. The van der Waals surface area contributed by atoms with E-state index < -0.39 is 0 Å². The number of aliphatic hydroxyl groups is 1. The fourth-order valence-electron chi connectivity index (χ4n) is 2.71. The van der Waals surface area contributed by atoms with Crippen molar-refractivity contribution in [2.24, 2.45) is 11.8 Å². The molecule has 0 bridgehead atoms. The zero-order valence-electron chi connectivity index (χ0n) is 11.5. The van der Waals surface area contributed by atoms with Gasteiger partial charge in [0.2, 0.25) is 0 Å². The first-order valence-electron chi connectivity index (χ1n) is 7.23. The summed E-state index contributed by atoms with van der Waals surface area (Å²) in [6.07, 6.45) is 5.72. The van der Waals surface area contributed by atoms with Crippen LogP contribution in [0.25, 0.3) is 0 Å². The highest BCUT2D eigenvalue weighted by Gasteiger charge is 2.23. The molecule has 0 saturated carbocycles. The van der Waals surface area contributed by atoms with Gasteiger partial charge in [-0.3, -0.25) is 0 Å². The summed E-state index contributed by atoms with van der Waals surface area (Å²) in [6, 6.07) is 0.643. The Kier molecular flexibility index (Phi) is 7.82. The van der Waals surface area contributed by atoms with Crippen LogP contribution >= 0.6 is 0 Å². The van der Waals surface area contributed by atoms with Gasteiger partial charge >= 0.3 is 0 Å². The number of hydrogen-bond acceptors (Lipinski definition) is 3. The molecule has 0 amide bonds. The lowest BCUT2D eigenvalue weighted by atomic mass is 9.84. The van der Waals surface area contributed by atoms with Gasteiger partial charge in [0.1, 0.15) is 0 Å². The van der Waals surface area contributed by atoms with E-state index in [0.29, 0.717) is 24.5 Å². The summed E-state index contributed by atoms with van der Waals surface area (Å²) >= 11 is 0. The molecule has 17 heavy (non-hydrogen) atoms. The number of aliphatic hydroxyl groups excluding tert-OH is 1. The molecule has 0 radical (unpaired) electrons. The highest BCUT2D eigenvalue weighted by molar-refractivity contribution is 4.74. The topological polar surface area (TPSA) is 41.5 Å². The molecule has 1 rings (SSSR count). The van der Waals surface area contributed by atoms with Crippen LogP contribution in [0.3, 0.4) is 0 Å². The van der Waals surface area contributed by atoms with Crippen molar-refractivity contribution in [1.29, 1.82) is 0 Å². The Morgan fingerprint density at radius 1 is 1.24 bits per heavy atom. The third kappa shape index (κ3) is 5.36. The highest BCUT2D eigenvalue weighted by Crippen LogP contribution is 2.25. The van der Waals surface area contributed by atoms with Crippen molar-refractivity contribution in [2.45, 2.75) is 52.0 Å². The van der Waals surface area contributed by atoms with E-state index in [1.165, 1.54) is 12.8 Å². The van der Waals surface area contributed by atoms with Gasteiger partial charge in [-0.15, -0.1) is 0 Å². The molecule has 0 spiro atoms. The minimum Gasteiger partial charge on any atom is -0.396 e. The minimum absolute atomic E-state index is 0.329. The molecule has 1 atom stereocenters. The van der Waals surface area contributed by atoms with Crippen LogP contribution < -0.4 is 5.32 Å². The molecule has 102 valence electrons. The first kappa shape index (κ1) is 14.9. The van der Waals surface area contributed by atoms with Gasteiger partial charge in [0.05, 0.1) is 0 Å². The standard InChI is InChI=1S/C14H29NO2/c1-3-14(4-2)15-8-5-13(11-16)12-6-9-17-10-7-12/h12-16H,3-11H2,1-2H3.